The van der Waals surface area contributed by atoms with Crippen molar-refractivity contribution in [1.82, 2.24) is 29.7 Å². The summed E-state index contributed by atoms with van der Waals surface area (Å²) >= 11 is 0. The van der Waals surface area contributed by atoms with E-state index in [0.29, 0.717) is 24.6 Å². The highest BCUT2D eigenvalue weighted by atomic mass is 19.1. The SMILES string of the molecule is Cc1cc(C(C(=O)NCCc2ccc(F)cc2)N2CCCCC2)nc(-n2ccnc2)n1. The third kappa shape index (κ3) is 5.32. The molecule has 0 aliphatic carbocycles. The van der Waals surface area contributed by atoms with Crippen LogP contribution in [-0.2, 0) is 11.2 Å². The van der Waals surface area contributed by atoms with Crippen molar-refractivity contribution >= 4 is 5.91 Å². The number of aromatic nitrogens is 4. The van der Waals surface area contributed by atoms with Crippen molar-refractivity contribution in [3.8, 4) is 5.95 Å². The number of carbonyl (C=O) groups is 1. The lowest BCUT2D eigenvalue weighted by atomic mass is 10.0. The van der Waals surface area contributed by atoms with Gasteiger partial charge in [-0.05, 0) is 63.0 Å². The first kappa shape index (κ1) is 21.1. The van der Waals surface area contributed by atoms with Crippen molar-refractivity contribution < 1.29 is 9.18 Å². The van der Waals surface area contributed by atoms with Gasteiger partial charge in [0, 0.05) is 24.6 Å². The molecule has 0 spiro atoms. The first-order valence-electron chi connectivity index (χ1n) is 10.7. The molecule has 1 unspecified atom stereocenters. The fraction of sp³-hybridized carbons (Fsp3) is 0.391. The summed E-state index contributed by atoms with van der Waals surface area (Å²) in [4.78, 5) is 28.8. The number of aryl methyl sites for hydroxylation is 1. The fourth-order valence-electron chi connectivity index (χ4n) is 3.95. The lowest BCUT2D eigenvalue weighted by Crippen LogP contribution is -2.44. The first-order chi connectivity index (χ1) is 15.1. The largest absolute Gasteiger partial charge is 0.354 e. The number of piperidine rings is 1. The Balaban J connectivity index is 1.54. The number of rotatable bonds is 7. The molecule has 0 radical (unpaired) electrons. The number of carbonyl (C=O) groups excluding carboxylic acids is 1. The van der Waals surface area contributed by atoms with Crippen LogP contribution in [0.25, 0.3) is 5.95 Å². The van der Waals surface area contributed by atoms with Gasteiger partial charge in [0.05, 0.1) is 5.69 Å². The third-order valence-corrected chi connectivity index (χ3v) is 5.51. The maximum absolute atomic E-state index is 13.3. The molecule has 1 aliphatic heterocycles. The second-order valence-electron chi connectivity index (χ2n) is 7.87. The number of hydrogen-bond donors (Lipinski definition) is 1. The Bertz CT molecular complexity index is 999. The van der Waals surface area contributed by atoms with E-state index >= 15 is 0 Å². The van der Waals surface area contributed by atoms with Crippen LogP contribution in [0.15, 0.2) is 49.1 Å². The number of imidazole rings is 1. The zero-order valence-corrected chi connectivity index (χ0v) is 17.7. The molecule has 4 rings (SSSR count). The monoisotopic (exact) mass is 422 g/mol. The second kappa shape index (κ2) is 9.78. The average Bonchev–Trinajstić information content (AvgIpc) is 3.31. The van der Waals surface area contributed by atoms with Crippen molar-refractivity contribution in [1.29, 1.82) is 0 Å². The second-order valence-corrected chi connectivity index (χ2v) is 7.87. The number of nitrogens with zero attached hydrogens (tertiary/aromatic N) is 5. The van der Waals surface area contributed by atoms with E-state index in [-0.39, 0.29) is 11.7 Å². The van der Waals surface area contributed by atoms with Crippen LogP contribution >= 0.6 is 0 Å². The normalized spacial score (nSPS) is 15.5. The number of halogens is 1. The molecule has 0 bridgehead atoms. The topological polar surface area (TPSA) is 75.9 Å². The molecule has 7 nitrogen and oxygen atoms in total. The molecule has 1 fully saturated rings. The average molecular weight is 423 g/mol. The molecule has 2 aromatic heterocycles. The number of benzene rings is 1. The van der Waals surface area contributed by atoms with E-state index in [4.69, 9.17) is 4.98 Å². The zero-order chi connectivity index (χ0) is 21.6. The molecule has 1 N–H and O–H groups in total. The van der Waals surface area contributed by atoms with Crippen LogP contribution in [0.5, 0.6) is 0 Å². The van der Waals surface area contributed by atoms with Crippen molar-refractivity contribution in [3.63, 3.8) is 0 Å². The molecule has 31 heavy (non-hydrogen) atoms. The van der Waals surface area contributed by atoms with Crippen molar-refractivity contribution in [2.75, 3.05) is 19.6 Å². The van der Waals surface area contributed by atoms with E-state index in [2.05, 4.69) is 20.2 Å². The van der Waals surface area contributed by atoms with Gasteiger partial charge in [0.15, 0.2) is 0 Å². The molecule has 1 atom stereocenters. The first-order valence-corrected chi connectivity index (χ1v) is 10.7. The summed E-state index contributed by atoms with van der Waals surface area (Å²) in [6, 6.07) is 7.78. The van der Waals surface area contributed by atoms with Gasteiger partial charge in [-0.25, -0.2) is 19.3 Å². The lowest BCUT2D eigenvalue weighted by molar-refractivity contribution is -0.127. The van der Waals surface area contributed by atoms with Crippen LogP contribution in [0.1, 0.15) is 42.3 Å². The van der Waals surface area contributed by atoms with Crippen LogP contribution in [0, 0.1) is 12.7 Å². The van der Waals surface area contributed by atoms with Crippen LogP contribution in [0.4, 0.5) is 4.39 Å². The van der Waals surface area contributed by atoms with Gasteiger partial charge in [0.1, 0.15) is 18.2 Å². The smallest absolute Gasteiger partial charge is 0.243 e. The Hall–Kier alpha value is -3.13. The van der Waals surface area contributed by atoms with Gasteiger partial charge in [0.2, 0.25) is 11.9 Å². The van der Waals surface area contributed by atoms with Gasteiger partial charge in [-0.15, -0.1) is 0 Å². The standard InChI is InChI=1S/C23H27FN6O/c1-17-15-20(28-23(27-17)30-14-11-25-16-30)21(29-12-3-2-4-13-29)22(31)26-10-9-18-5-7-19(24)8-6-18/h5-8,11,14-16,21H,2-4,9-10,12-13H2,1H3,(H,26,31). The lowest BCUT2D eigenvalue weighted by Gasteiger charge is -2.33. The summed E-state index contributed by atoms with van der Waals surface area (Å²) in [5.41, 5.74) is 2.48. The van der Waals surface area contributed by atoms with E-state index in [0.717, 1.165) is 37.2 Å². The minimum absolute atomic E-state index is 0.0707. The minimum Gasteiger partial charge on any atom is -0.354 e. The molecule has 3 aromatic rings. The Labute approximate surface area is 181 Å². The molecular weight excluding hydrogens is 395 g/mol. The van der Waals surface area contributed by atoms with E-state index in [1.54, 1.807) is 35.4 Å². The summed E-state index contributed by atoms with van der Waals surface area (Å²) in [5.74, 6) is 0.179. The molecular formula is C23H27FN6O. The number of amides is 1. The molecule has 162 valence electrons. The van der Waals surface area contributed by atoms with Gasteiger partial charge in [-0.3, -0.25) is 14.3 Å². The Morgan fingerprint density at radius 2 is 1.94 bits per heavy atom. The summed E-state index contributed by atoms with van der Waals surface area (Å²) in [6.07, 6.45) is 9.07. The highest BCUT2D eigenvalue weighted by molar-refractivity contribution is 5.82. The minimum atomic E-state index is -0.475. The molecule has 8 heteroatoms. The molecule has 1 aromatic carbocycles. The van der Waals surface area contributed by atoms with Crippen LogP contribution in [0.2, 0.25) is 0 Å². The van der Waals surface area contributed by atoms with Crippen LogP contribution in [0.3, 0.4) is 0 Å². The maximum Gasteiger partial charge on any atom is 0.243 e. The highest BCUT2D eigenvalue weighted by Gasteiger charge is 2.30. The quantitative estimate of drug-likeness (QED) is 0.634. The van der Waals surface area contributed by atoms with Crippen LogP contribution in [-0.4, -0.2) is 50.0 Å². The Kier molecular flexibility index (Phi) is 6.66. The summed E-state index contributed by atoms with van der Waals surface area (Å²) in [7, 11) is 0. The van der Waals surface area contributed by atoms with Crippen molar-refractivity contribution in [3.05, 3.63) is 71.8 Å². The highest BCUT2D eigenvalue weighted by Crippen LogP contribution is 2.25. The zero-order valence-electron chi connectivity index (χ0n) is 17.7. The summed E-state index contributed by atoms with van der Waals surface area (Å²) < 4.78 is 14.9. The summed E-state index contributed by atoms with van der Waals surface area (Å²) in [6.45, 7) is 4.11. The van der Waals surface area contributed by atoms with E-state index in [9.17, 15) is 9.18 Å². The molecule has 3 heterocycles. The van der Waals surface area contributed by atoms with Gasteiger partial charge < -0.3 is 5.32 Å². The number of hydrogen-bond acceptors (Lipinski definition) is 5. The molecule has 1 amide bonds. The summed E-state index contributed by atoms with van der Waals surface area (Å²) in [5, 5.41) is 3.06. The van der Waals surface area contributed by atoms with Crippen LogP contribution < -0.4 is 5.32 Å². The van der Waals surface area contributed by atoms with E-state index in [1.807, 2.05) is 13.0 Å². The molecule has 0 saturated carbocycles. The Morgan fingerprint density at radius 1 is 1.16 bits per heavy atom. The number of likely N-dealkylation sites (tertiary alicyclic amines) is 1. The van der Waals surface area contributed by atoms with Gasteiger partial charge in [-0.2, -0.15) is 0 Å². The number of nitrogens with one attached hydrogen (secondary N) is 1. The maximum atomic E-state index is 13.3. The Morgan fingerprint density at radius 3 is 2.65 bits per heavy atom. The molecule has 1 saturated heterocycles. The van der Waals surface area contributed by atoms with Gasteiger partial charge >= 0.3 is 0 Å². The predicted octanol–water partition coefficient (Wildman–Crippen LogP) is 3.00. The molecule has 1 aliphatic rings. The van der Waals surface area contributed by atoms with E-state index in [1.165, 1.54) is 18.6 Å². The third-order valence-electron chi connectivity index (χ3n) is 5.51. The fourth-order valence-corrected chi connectivity index (χ4v) is 3.95. The van der Waals surface area contributed by atoms with Gasteiger partial charge in [0.25, 0.3) is 0 Å². The van der Waals surface area contributed by atoms with E-state index < -0.39 is 6.04 Å². The predicted molar refractivity (Wildman–Crippen MR) is 115 cm³/mol. The van der Waals surface area contributed by atoms with Gasteiger partial charge in [-0.1, -0.05) is 18.6 Å². The van der Waals surface area contributed by atoms with Crippen molar-refractivity contribution in [2.45, 2.75) is 38.6 Å². The van der Waals surface area contributed by atoms with Crippen molar-refractivity contribution in [2.24, 2.45) is 0 Å².